The number of carbonyl (C=O) groups is 1. The van der Waals surface area contributed by atoms with Gasteiger partial charge in [0.1, 0.15) is 16.5 Å². The van der Waals surface area contributed by atoms with E-state index in [1.807, 2.05) is 20.8 Å². The van der Waals surface area contributed by atoms with E-state index in [9.17, 15) is 17.6 Å². The molecule has 0 saturated carbocycles. The number of amides is 1. The minimum Gasteiger partial charge on any atom is -0.328 e. The van der Waals surface area contributed by atoms with Crippen molar-refractivity contribution in [3.63, 3.8) is 0 Å². The van der Waals surface area contributed by atoms with Gasteiger partial charge in [-0.1, -0.05) is 6.07 Å². The Morgan fingerprint density at radius 2 is 1.79 bits per heavy atom. The highest BCUT2D eigenvalue weighted by Crippen LogP contribution is 2.37. The lowest BCUT2D eigenvalue weighted by Gasteiger charge is -2.17. The Balaban J connectivity index is 2.21. The van der Waals surface area contributed by atoms with Crippen molar-refractivity contribution < 1.29 is 17.6 Å². The average molecular weight is 421 g/mol. The molecule has 0 bridgehead atoms. The van der Waals surface area contributed by atoms with Crippen molar-refractivity contribution in [1.82, 2.24) is 4.57 Å². The molecule has 1 N–H and O–H groups in total. The summed E-state index contributed by atoms with van der Waals surface area (Å²) >= 11 is 1.27. The molecule has 5 nitrogen and oxygen atoms in total. The van der Waals surface area contributed by atoms with Gasteiger partial charge in [0.15, 0.2) is 0 Å². The van der Waals surface area contributed by atoms with Crippen LogP contribution in [0.5, 0.6) is 0 Å². The number of nitrogens with one attached hydrogen (secondary N) is 1. The molecule has 0 saturated heterocycles. The summed E-state index contributed by atoms with van der Waals surface area (Å²) in [5.41, 5.74) is 1.30. The van der Waals surface area contributed by atoms with Gasteiger partial charge in [0.05, 0.1) is 9.77 Å². The molecule has 0 unspecified atom stereocenters. The van der Waals surface area contributed by atoms with Gasteiger partial charge in [-0.25, -0.2) is 12.8 Å². The SMILES string of the molecule is Cc1c(S(=O)(=O)c2ccc(F)cc2)c(NC(=O)c2cccs2)n(C(C)C)c1C. The Bertz CT molecular complexity index is 1110. The number of rotatable bonds is 5. The van der Waals surface area contributed by atoms with Gasteiger partial charge >= 0.3 is 0 Å². The zero-order chi connectivity index (χ0) is 20.6. The second-order valence-corrected chi connectivity index (χ2v) is 9.57. The number of hydrogen-bond acceptors (Lipinski definition) is 4. The van der Waals surface area contributed by atoms with Crippen molar-refractivity contribution in [3.8, 4) is 0 Å². The minimum absolute atomic E-state index is 0.0236. The molecule has 8 heteroatoms. The topological polar surface area (TPSA) is 68.2 Å². The second kappa shape index (κ2) is 7.52. The van der Waals surface area contributed by atoms with E-state index in [1.165, 1.54) is 23.5 Å². The van der Waals surface area contributed by atoms with E-state index in [1.54, 1.807) is 29.0 Å². The maximum Gasteiger partial charge on any atom is 0.266 e. The number of thiophene rings is 1. The Morgan fingerprint density at radius 1 is 1.14 bits per heavy atom. The summed E-state index contributed by atoms with van der Waals surface area (Å²) in [6.07, 6.45) is 0. The minimum atomic E-state index is -3.97. The summed E-state index contributed by atoms with van der Waals surface area (Å²) < 4.78 is 41.8. The first-order valence-electron chi connectivity index (χ1n) is 8.71. The number of aromatic nitrogens is 1. The summed E-state index contributed by atoms with van der Waals surface area (Å²) in [5, 5.41) is 4.57. The lowest BCUT2D eigenvalue weighted by Crippen LogP contribution is -2.18. The number of benzene rings is 1. The molecular formula is C20H21FN2O3S2. The van der Waals surface area contributed by atoms with Crippen molar-refractivity contribution in [2.75, 3.05) is 5.32 Å². The molecule has 0 atom stereocenters. The van der Waals surface area contributed by atoms with E-state index in [-0.39, 0.29) is 27.6 Å². The number of carbonyl (C=O) groups excluding carboxylic acids is 1. The summed E-state index contributed by atoms with van der Waals surface area (Å²) in [6, 6.07) is 8.05. The molecule has 0 aliphatic carbocycles. The molecule has 0 radical (unpaired) electrons. The second-order valence-electron chi connectivity index (χ2n) is 6.74. The van der Waals surface area contributed by atoms with Crippen LogP contribution >= 0.6 is 11.3 Å². The van der Waals surface area contributed by atoms with Crippen LogP contribution in [-0.4, -0.2) is 18.9 Å². The zero-order valence-corrected chi connectivity index (χ0v) is 17.6. The fraction of sp³-hybridized carbons (Fsp3) is 0.250. The summed E-state index contributed by atoms with van der Waals surface area (Å²) in [4.78, 5) is 13.2. The van der Waals surface area contributed by atoms with Crippen LogP contribution in [0.4, 0.5) is 10.2 Å². The highest BCUT2D eigenvalue weighted by Gasteiger charge is 2.31. The third-order valence-corrected chi connectivity index (χ3v) is 7.38. The highest BCUT2D eigenvalue weighted by molar-refractivity contribution is 7.91. The number of anilines is 1. The van der Waals surface area contributed by atoms with Crippen LogP contribution in [0.25, 0.3) is 0 Å². The van der Waals surface area contributed by atoms with Crippen LogP contribution in [0.3, 0.4) is 0 Å². The normalized spacial score (nSPS) is 11.8. The molecule has 3 aromatic rings. The highest BCUT2D eigenvalue weighted by atomic mass is 32.2. The van der Waals surface area contributed by atoms with E-state index in [4.69, 9.17) is 0 Å². The van der Waals surface area contributed by atoms with Gasteiger partial charge in [0, 0.05) is 11.7 Å². The Hall–Kier alpha value is -2.45. The third kappa shape index (κ3) is 3.49. The number of nitrogens with zero attached hydrogens (tertiary/aromatic N) is 1. The van der Waals surface area contributed by atoms with E-state index < -0.39 is 15.7 Å². The predicted molar refractivity (Wildman–Crippen MR) is 108 cm³/mol. The lowest BCUT2D eigenvalue weighted by atomic mass is 10.3. The fourth-order valence-corrected chi connectivity index (χ4v) is 5.50. The average Bonchev–Trinajstić information content (AvgIpc) is 3.23. The van der Waals surface area contributed by atoms with Crippen LogP contribution in [0, 0.1) is 19.7 Å². The Morgan fingerprint density at radius 3 is 2.32 bits per heavy atom. The van der Waals surface area contributed by atoms with Gasteiger partial charge in [-0.2, -0.15) is 0 Å². The van der Waals surface area contributed by atoms with E-state index >= 15 is 0 Å². The molecule has 1 amide bonds. The van der Waals surface area contributed by atoms with E-state index in [0.717, 1.165) is 17.8 Å². The first-order valence-corrected chi connectivity index (χ1v) is 11.1. The van der Waals surface area contributed by atoms with Crippen molar-refractivity contribution in [2.45, 2.75) is 43.5 Å². The maximum absolute atomic E-state index is 13.4. The lowest BCUT2D eigenvalue weighted by molar-refractivity contribution is 0.102. The molecule has 0 spiro atoms. The van der Waals surface area contributed by atoms with Crippen molar-refractivity contribution in [2.24, 2.45) is 0 Å². The standard InChI is InChI=1S/C20H21FN2O3S2/c1-12(2)23-14(4)13(3)18(19(23)22-20(24)17-6-5-11-27-17)28(25,26)16-9-7-15(21)8-10-16/h5-12H,1-4H3,(H,22,24). The molecule has 0 aliphatic heterocycles. The van der Waals surface area contributed by atoms with Crippen LogP contribution in [0.2, 0.25) is 0 Å². The first-order chi connectivity index (χ1) is 13.1. The third-order valence-electron chi connectivity index (χ3n) is 4.59. The molecule has 0 fully saturated rings. The number of sulfone groups is 1. The van der Waals surface area contributed by atoms with Gasteiger partial charge in [0.25, 0.3) is 5.91 Å². The van der Waals surface area contributed by atoms with E-state index in [0.29, 0.717) is 10.4 Å². The fourth-order valence-electron chi connectivity index (χ4n) is 3.20. The largest absolute Gasteiger partial charge is 0.328 e. The smallest absolute Gasteiger partial charge is 0.266 e. The number of hydrogen-bond donors (Lipinski definition) is 1. The van der Waals surface area contributed by atoms with Gasteiger partial charge in [-0.3, -0.25) is 4.79 Å². The molecule has 148 valence electrons. The monoisotopic (exact) mass is 420 g/mol. The van der Waals surface area contributed by atoms with Crippen molar-refractivity contribution in [1.29, 1.82) is 0 Å². The molecular weight excluding hydrogens is 399 g/mol. The van der Waals surface area contributed by atoms with Crippen LogP contribution in [0.1, 0.15) is 40.8 Å². The molecule has 28 heavy (non-hydrogen) atoms. The molecule has 2 aromatic heterocycles. The van der Waals surface area contributed by atoms with Gasteiger partial charge < -0.3 is 9.88 Å². The van der Waals surface area contributed by atoms with Gasteiger partial charge in [-0.05, 0) is 69.0 Å². The Labute approximate surface area is 167 Å². The van der Waals surface area contributed by atoms with E-state index in [2.05, 4.69) is 5.32 Å². The summed E-state index contributed by atoms with van der Waals surface area (Å²) in [7, 11) is -3.97. The number of halogens is 1. The van der Waals surface area contributed by atoms with Crippen LogP contribution in [0.15, 0.2) is 51.6 Å². The van der Waals surface area contributed by atoms with Crippen molar-refractivity contribution in [3.05, 3.63) is 63.7 Å². The van der Waals surface area contributed by atoms with Crippen LogP contribution in [-0.2, 0) is 9.84 Å². The van der Waals surface area contributed by atoms with Gasteiger partial charge in [-0.15, -0.1) is 11.3 Å². The molecule has 2 heterocycles. The van der Waals surface area contributed by atoms with Gasteiger partial charge in [0.2, 0.25) is 9.84 Å². The van der Waals surface area contributed by atoms with Crippen LogP contribution < -0.4 is 5.32 Å². The molecule has 1 aromatic carbocycles. The quantitative estimate of drug-likeness (QED) is 0.593. The Kier molecular flexibility index (Phi) is 5.45. The van der Waals surface area contributed by atoms with Crippen molar-refractivity contribution >= 4 is 32.9 Å². The molecule has 0 aliphatic rings. The first kappa shape index (κ1) is 20.3. The summed E-state index contributed by atoms with van der Waals surface area (Å²) in [5.74, 6) is -0.657. The maximum atomic E-state index is 13.4. The molecule has 3 rings (SSSR count). The zero-order valence-electron chi connectivity index (χ0n) is 16.0. The summed E-state index contributed by atoms with van der Waals surface area (Å²) in [6.45, 7) is 7.37. The predicted octanol–water partition coefficient (Wildman–Crippen LogP) is 4.97.